The lowest BCUT2D eigenvalue weighted by Crippen LogP contribution is -2.26. The van der Waals surface area contributed by atoms with Crippen molar-refractivity contribution in [3.8, 4) is 5.75 Å². The van der Waals surface area contributed by atoms with E-state index in [2.05, 4.69) is 16.6 Å². The van der Waals surface area contributed by atoms with Gasteiger partial charge in [-0.2, -0.15) is 8.78 Å². The van der Waals surface area contributed by atoms with Gasteiger partial charge in [-0.1, -0.05) is 25.8 Å². The maximum Gasteiger partial charge on any atom is 0.387 e. The topological polar surface area (TPSA) is 55.6 Å². The molecule has 4 rings (SSSR count). The van der Waals surface area contributed by atoms with Gasteiger partial charge in [0.1, 0.15) is 5.58 Å². The second kappa shape index (κ2) is 7.73. The lowest BCUT2D eigenvalue weighted by Gasteiger charge is -2.17. The number of nitrogens with zero attached hydrogens (tertiary/aromatic N) is 2. The second-order valence-corrected chi connectivity index (χ2v) is 7.16. The summed E-state index contributed by atoms with van der Waals surface area (Å²) < 4.78 is 36.1. The molecule has 0 bridgehead atoms. The van der Waals surface area contributed by atoms with Crippen LogP contribution in [-0.4, -0.2) is 35.5 Å². The third-order valence-corrected chi connectivity index (χ3v) is 5.32. The predicted octanol–water partition coefficient (Wildman–Crippen LogP) is 5.09. The third-order valence-electron chi connectivity index (χ3n) is 5.32. The molecule has 1 fully saturated rings. The van der Waals surface area contributed by atoms with E-state index in [-0.39, 0.29) is 23.2 Å². The van der Waals surface area contributed by atoms with Crippen molar-refractivity contribution in [1.29, 1.82) is 0 Å². The Balaban J connectivity index is 1.74. The van der Waals surface area contributed by atoms with Crippen molar-refractivity contribution < 1.29 is 22.7 Å². The number of halogens is 2. The third kappa shape index (κ3) is 3.41. The van der Waals surface area contributed by atoms with Crippen molar-refractivity contribution in [2.75, 3.05) is 13.1 Å². The Hall–Kier alpha value is -2.70. The SMILES string of the molecule is CCCCCN1CC(c2ccc(OC(F)F)c3oc4ccncc4c23)CC1=O. The van der Waals surface area contributed by atoms with Crippen LogP contribution in [0, 0.1) is 0 Å². The van der Waals surface area contributed by atoms with Crippen LogP contribution in [0.3, 0.4) is 0 Å². The molecule has 2 aromatic heterocycles. The molecule has 0 radical (unpaired) electrons. The number of pyridine rings is 1. The Labute approximate surface area is 161 Å². The number of amides is 1. The molecule has 3 aromatic rings. The van der Waals surface area contributed by atoms with E-state index in [1.807, 2.05) is 4.90 Å². The molecule has 3 heterocycles. The van der Waals surface area contributed by atoms with Crippen molar-refractivity contribution in [2.45, 2.75) is 45.1 Å². The lowest BCUT2D eigenvalue weighted by atomic mass is 9.93. The molecule has 1 aromatic carbocycles. The highest BCUT2D eigenvalue weighted by Crippen LogP contribution is 2.42. The number of ether oxygens (including phenoxy) is 1. The summed E-state index contributed by atoms with van der Waals surface area (Å²) in [5.74, 6) is 0.111. The summed E-state index contributed by atoms with van der Waals surface area (Å²) in [5, 5.41) is 1.44. The first-order valence-corrected chi connectivity index (χ1v) is 9.60. The summed E-state index contributed by atoms with van der Waals surface area (Å²) in [4.78, 5) is 18.5. The van der Waals surface area contributed by atoms with Gasteiger partial charge < -0.3 is 14.1 Å². The normalized spacial score (nSPS) is 17.4. The van der Waals surface area contributed by atoms with Crippen LogP contribution in [0.4, 0.5) is 8.78 Å². The molecular weight excluding hydrogens is 366 g/mol. The van der Waals surface area contributed by atoms with Gasteiger partial charge in [0.2, 0.25) is 5.91 Å². The van der Waals surface area contributed by atoms with E-state index in [0.717, 1.165) is 36.8 Å². The number of benzene rings is 1. The first-order chi connectivity index (χ1) is 13.6. The maximum absolute atomic E-state index is 12.8. The van der Waals surface area contributed by atoms with E-state index < -0.39 is 6.61 Å². The largest absolute Gasteiger partial charge is 0.452 e. The standard InChI is InChI=1S/C21H22F2N2O3/c1-2-3-4-9-25-12-13(10-18(25)26)14-5-6-17(28-21(22)23)20-19(14)15-11-24-8-7-16(15)27-20/h5-8,11,13,21H,2-4,9-10,12H2,1H3. The molecule has 148 valence electrons. The van der Waals surface area contributed by atoms with Gasteiger partial charge in [0.15, 0.2) is 11.3 Å². The number of rotatable bonds is 7. The number of alkyl halides is 2. The highest BCUT2D eigenvalue weighted by molar-refractivity contribution is 6.08. The number of hydrogen-bond donors (Lipinski definition) is 0. The summed E-state index contributed by atoms with van der Waals surface area (Å²) in [6.45, 7) is 0.570. The maximum atomic E-state index is 12.8. The molecule has 1 aliphatic heterocycles. The van der Waals surface area contributed by atoms with E-state index in [1.54, 1.807) is 24.5 Å². The minimum absolute atomic E-state index is 0.00549. The summed E-state index contributed by atoms with van der Waals surface area (Å²) in [5.41, 5.74) is 1.74. The van der Waals surface area contributed by atoms with Gasteiger partial charge in [-0.25, -0.2) is 0 Å². The Morgan fingerprint density at radius 1 is 1.32 bits per heavy atom. The smallest absolute Gasteiger partial charge is 0.387 e. The molecule has 1 saturated heterocycles. The van der Waals surface area contributed by atoms with Crippen LogP contribution in [0.25, 0.3) is 21.9 Å². The molecule has 7 heteroatoms. The quantitative estimate of drug-likeness (QED) is 0.529. The van der Waals surface area contributed by atoms with Crippen LogP contribution >= 0.6 is 0 Å². The number of furan rings is 1. The monoisotopic (exact) mass is 388 g/mol. The average molecular weight is 388 g/mol. The molecule has 1 aliphatic rings. The van der Waals surface area contributed by atoms with Crippen LogP contribution in [0.5, 0.6) is 5.75 Å². The van der Waals surface area contributed by atoms with Crippen LogP contribution in [0.15, 0.2) is 35.0 Å². The predicted molar refractivity (Wildman–Crippen MR) is 102 cm³/mol. The number of aromatic nitrogens is 1. The van der Waals surface area contributed by atoms with Crippen LogP contribution in [-0.2, 0) is 4.79 Å². The zero-order valence-corrected chi connectivity index (χ0v) is 15.7. The summed E-state index contributed by atoms with van der Waals surface area (Å²) >= 11 is 0. The van der Waals surface area contributed by atoms with E-state index in [9.17, 15) is 13.6 Å². The number of hydrogen-bond acceptors (Lipinski definition) is 4. The summed E-state index contributed by atoms with van der Waals surface area (Å²) in [7, 11) is 0. The molecule has 0 aliphatic carbocycles. The van der Waals surface area contributed by atoms with Gasteiger partial charge in [-0.15, -0.1) is 0 Å². The van der Waals surface area contributed by atoms with Gasteiger partial charge >= 0.3 is 6.61 Å². The zero-order valence-electron chi connectivity index (χ0n) is 15.7. The van der Waals surface area contributed by atoms with Gasteiger partial charge in [-0.05, 0) is 24.1 Å². The van der Waals surface area contributed by atoms with Crippen molar-refractivity contribution in [2.24, 2.45) is 0 Å². The number of carbonyl (C=O) groups excluding carboxylic acids is 1. The fourth-order valence-corrected chi connectivity index (χ4v) is 4.00. The van der Waals surface area contributed by atoms with Crippen molar-refractivity contribution in [1.82, 2.24) is 9.88 Å². The first kappa shape index (κ1) is 18.7. The molecule has 28 heavy (non-hydrogen) atoms. The van der Waals surface area contributed by atoms with Crippen molar-refractivity contribution in [3.05, 3.63) is 36.2 Å². The number of fused-ring (bicyclic) bond motifs is 3. The molecule has 1 amide bonds. The highest BCUT2D eigenvalue weighted by atomic mass is 19.3. The number of unbranched alkanes of at least 4 members (excludes halogenated alkanes) is 2. The van der Waals surface area contributed by atoms with E-state index in [0.29, 0.717) is 23.9 Å². The molecule has 1 atom stereocenters. The number of likely N-dealkylation sites (tertiary alicyclic amines) is 1. The van der Waals surface area contributed by atoms with Gasteiger partial charge in [0, 0.05) is 48.6 Å². The zero-order chi connectivity index (χ0) is 19.7. The van der Waals surface area contributed by atoms with E-state index >= 15 is 0 Å². The minimum atomic E-state index is -2.94. The summed E-state index contributed by atoms with van der Waals surface area (Å²) in [6.07, 6.45) is 6.84. The van der Waals surface area contributed by atoms with Gasteiger partial charge in [0.05, 0.1) is 0 Å². The number of carbonyl (C=O) groups is 1. The van der Waals surface area contributed by atoms with E-state index in [1.165, 1.54) is 6.07 Å². The van der Waals surface area contributed by atoms with Crippen molar-refractivity contribution in [3.63, 3.8) is 0 Å². The molecule has 0 N–H and O–H groups in total. The van der Waals surface area contributed by atoms with Crippen LogP contribution < -0.4 is 4.74 Å². The molecule has 1 unspecified atom stereocenters. The Morgan fingerprint density at radius 2 is 2.18 bits per heavy atom. The average Bonchev–Trinajstić information content (AvgIpc) is 3.23. The summed E-state index contributed by atoms with van der Waals surface area (Å²) in [6, 6.07) is 4.97. The van der Waals surface area contributed by atoms with Crippen molar-refractivity contribution >= 4 is 27.8 Å². The Morgan fingerprint density at radius 3 is 2.96 bits per heavy atom. The lowest BCUT2D eigenvalue weighted by molar-refractivity contribution is -0.127. The Bertz CT molecular complexity index is 1000. The van der Waals surface area contributed by atoms with Crippen LogP contribution in [0.1, 0.15) is 44.1 Å². The van der Waals surface area contributed by atoms with Gasteiger partial charge in [0.25, 0.3) is 0 Å². The Kier molecular flexibility index (Phi) is 5.15. The fraction of sp³-hybridized carbons (Fsp3) is 0.429. The molecule has 0 spiro atoms. The van der Waals surface area contributed by atoms with Gasteiger partial charge in [-0.3, -0.25) is 9.78 Å². The first-order valence-electron chi connectivity index (χ1n) is 9.60. The minimum Gasteiger partial charge on any atom is -0.452 e. The fourth-order valence-electron chi connectivity index (χ4n) is 4.00. The van der Waals surface area contributed by atoms with Crippen LogP contribution in [0.2, 0.25) is 0 Å². The molecule has 5 nitrogen and oxygen atoms in total. The van der Waals surface area contributed by atoms with E-state index in [4.69, 9.17) is 4.42 Å². The molecular formula is C21H22F2N2O3. The second-order valence-electron chi connectivity index (χ2n) is 7.16. The molecule has 0 saturated carbocycles. The highest BCUT2D eigenvalue weighted by Gasteiger charge is 2.32.